The standard InChI is InChI=1S/C8H12N2O2/c1-7(5-12-2)10-6-9-3-8(10)4-11/h3-4,6-7H,5H2,1-2H3. The zero-order chi connectivity index (χ0) is 8.97. The summed E-state index contributed by atoms with van der Waals surface area (Å²) in [6.07, 6.45) is 3.96. The summed E-state index contributed by atoms with van der Waals surface area (Å²) < 4.78 is 6.75. The van der Waals surface area contributed by atoms with Crippen LogP contribution in [0, 0.1) is 0 Å². The second-order valence-corrected chi connectivity index (χ2v) is 2.65. The van der Waals surface area contributed by atoms with Crippen molar-refractivity contribution in [1.29, 1.82) is 0 Å². The van der Waals surface area contributed by atoms with Gasteiger partial charge in [-0.1, -0.05) is 0 Å². The van der Waals surface area contributed by atoms with Crippen LogP contribution in [-0.4, -0.2) is 29.6 Å². The molecule has 66 valence electrons. The Morgan fingerprint density at radius 1 is 1.83 bits per heavy atom. The zero-order valence-electron chi connectivity index (χ0n) is 7.23. The minimum absolute atomic E-state index is 0.151. The minimum atomic E-state index is 0.151. The molecule has 0 radical (unpaired) electrons. The number of aromatic nitrogens is 2. The highest BCUT2D eigenvalue weighted by atomic mass is 16.5. The Morgan fingerprint density at radius 3 is 3.17 bits per heavy atom. The monoisotopic (exact) mass is 168 g/mol. The van der Waals surface area contributed by atoms with Crippen molar-refractivity contribution >= 4 is 6.29 Å². The van der Waals surface area contributed by atoms with Gasteiger partial charge in [-0.2, -0.15) is 0 Å². The Bertz CT molecular complexity index is 257. The third kappa shape index (κ3) is 1.71. The van der Waals surface area contributed by atoms with Crippen LogP contribution in [0.4, 0.5) is 0 Å². The van der Waals surface area contributed by atoms with Crippen molar-refractivity contribution in [3.8, 4) is 0 Å². The first-order chi connectivity index (χ1) is 5.79. The zero-order valence-corrected chi connectivity index (χ0v) is 7.23. The van der Waals surface area contributed by atoms with Crippen LogP contribution in [0.2, 0.25) is 0 Å². The summed E-state index contributed by atoms with van der Waals surface area (Å²) in [5.41, 5.74) is 0.583. The van der Waals surface area contributed by atoms with E-state index in [9.17, 15) is 4.79 Å². The van der Waals surface area contributed by atoms with Gasteiger partial charge in [0.1, 0.15) is 5.69 Å². The number of methoxy groups -OCH3 is 1. The molecule has 12 heavy (non-hydrogen) atoms. The largest absolute Gasteiger partial charge is 0.383 e. The maximum Gasteiger partial charge on any atom is 0.168 e. The van der Waals surface area contributed by atoms with Gasteiger partial charge in [-0.15, -0.1) is 0 Å². The van der Waals surface area contributed by atoms with Crippen molar-refractivity contribution in [3.05, 3.63) is 18.2 Å². The van der Waals surface area contributed by atoms with Crippen molar-refractivity contribution in [2.24, 2.45) is 0 Å². The van der Waals surface area contributed by atoms with Crippen LogP contribution >= 0.6 is 0 Å². The van der Waals surface area contributed by atoms with E-state index in [1.807, 2.05) is 6.92 Å². The van der Waals surface area contributed by atoms with E-state index in [-0.39, 0.29) is 6.04 Å². The van der Waals surface area contributed by atoms with E-state index >= 15 is 0 Å². The maximum atomic E-state index is 10.5. The topological polar surface area (TPSA) is 44.1 Å². The van der Waals surface area contributed by atoms with Crippen LogP contribution in [0.25, 0.3) is 0 Å². The van der Waals surface area contributed by atoms with Gasteiger partial charge in [0.15, 0.2) is 6.29 Å². The van der Waals surface area contributed by atoms with Gasteiger partial charge in [-0.3, -0.25) is 4.79 Å². The molecule has 1 aromatic heterocycles. The summed E-state index contributed by atoms with van der Waals surface area (Å²) in [6, 6.07) is 0.151. The van der Waals surface area contributed by atoms with E-state index in [4.69, 9.17) is 4.74 Å². The Kier molecular flexibility index (Phi) is 2.99. The van der Waals surface area contributed by atoms with Gasteiger partial charge >= 0.3 is 0 Å². The highest BCUT2D eigenvalue weighted by molar-refractivity contribution is 5.71. The molecule has 1 aromatic rings. The fourth-order valence-electron chi connectivity index (χ4n) is 1.10. The van der Waals surface area contributed by atoms with Gasteiger partial charge in [0, 0.05) is 7.11 Å². The third-order valence-electron chi connectivity index (χ3n) is 1.70. The average molecular weight is 168 g/mol. The van der Waals surface area contributed by atoms with E-state index in [1.54, 1.807) is 24.2 Å². The molecule has 1 atom stereocenters. The van der Waals surface area contributed by atoms with Crippen LogP contribution in [0.15, 0.2) is 12.5 Å². The molecule has 0 N–H and O–H groups in total. The lowest BCUT2D eigenvalue weighted by Gasteiger charge is -2.12. The highest BCUT2D eigenvalue weighted by Crippen LogP contribution is 2.07. The van der Waals surface area contributed by atoms with Crippen molar-refractivity contribution in [3.63, 3.8) is 0 Å². The predicted molar refractivity (Wildman–Crippen MR) is 44.2 cm³/mol. The van der Waals surface area contributed by atoms with E-state index in [0.717, 1.165) is 6.29 Å². The first-order valence-electron chi connectivity index (χ1n) is 3.75. The van der Waals surface area contributed by atoms with Crippen molar-refractivity contribution in [1.82, 2.24) is 9.55 Å². The molecular formula is C8H12N2O2. The van der Waals surface area contributed by atoms with Crippen molar-refractivity contribution in [2.75, 3.05) is 13.7 Å². The molecule has 0 aliphatic heterocycles. The number of hydrogen-bond donors (Lipinski definition) is 0. The molecule has 0 amide bonds. The lowest BCUT2D eigenvalue weighted by molar-refractivity contribution is 0.110. The fourth-order valence-corrected chi connectivity index (χ4v) is 1.10. The van der Waals surface area contributed by atoms with Gasteiger partial charge in [0.2, 0.25) is 0 Å². The molecule has 0 saturated carbocycles. The Morgan fingerprint density at radius 2 is 2.58 bits per heavy atom. The Balaban J connectivity index is 2.78. The molecule has 1 unspecified atom stereocenters. The molecule has 0 fully saturated rings. The van der Waals surface area contributed by atoms with Gasteiger partial charge in [0.25, 0.3) is 0 Å². The summed E-state index contributed by atoms with van der Waals surface area (Å²) in [5.74, 6) is 0. The second-order valence-electron chi connectivity index (χ2n) is 2.65. The fraction of sp³-hybridized carbons (Fsp3) is 0.500. The number of ether oxygens (including phenoxy) is 1. The number of imidazole rings is 1. The molecule has 0 spiro atoms. The van der Waals surface area contributed by atoms with Crippen LogP contribution in [0.5, 0.6) is 0 Å². The molecular weight excluding hydrogens is 156 g/mol. The summed E-state index contributed by atoms with van der Waals surface area (Å²) in [7, 11) is 1.63. The summed E-state index contributed by atoms with van der Waals surface area (Å²) >= 11 is 0. The molecule has 0 aliphatic carbocycles. The number of carbonyl (C=O) groups is 1. The smallest absolute Gasteiger partial charge is 0.168 e. The lowest BCUT2D eigenvalue weighted by Crippen LogP contribution is -2.12. The number of nitrogens with zero attached hydrogens (tertiary/aromatic N) is 2. The van der Waals surface area contributed by atoms with E-state index < -0.39 is 0 Å². The van der Waals surface area contributed by atoms with Crippen LogP contribution in [0.3, 0.4) is 0 Å². The highest BCUT2D eigenvalue weighted by Gasteiger charge is 2.07. The van der Waals surface area contributed by atoms with Gasteiger partial charge in [0.05, 0.1) is 25.2 Å². The maximum absolute atomic E-state index is 10.5. The Hall–Kier alpha value is -1.16. The van der Waals surface area contributed by atoms with Crippen molar-refractivity contribution < 1.29 is 9.53 Å². The summed E-state index contributed by atoms with van der Waals surface area (Å²) in [5, 5.41) is 0. The quantitative estimate of drug-likeness (QED) is 0.627. The van der Waals surface area contributed by atoms with E-state index in [0.29, 0.717) is 12.3 Å². The number of rotatable bonds is 4. The normalized spacial score (nSPS) is 12.8. The number of carbonyl (C=O) groups excluding carboxylic acids is 1. The van der Waals surface area contributed by atoms with Crippen LogP contribution in [-0.2, 0) is 4.74 Å². The van der Waals surface area contributed by atoms with E-state index in [1.165, 1.54) is 0 Å². The van der Waals surface area contributed by atoms with Gasteiger partial charge < -0.3 is 9.30 Å². The molecule has 1 rings (SSSR count). The summed E-state index contributed by atoms with van der Waals surface area (Å²) in [6.45, 7) is 2.55. The van der Waals surface area contributed by atoms with Crippen molar-refractivity contribution in [2.45, 2.75) is 13.0 Å². The molecule has 0 aromatic carbocycles. The average Bonchev–Trinajstić information content (AvgIpc) is 2.51. The first-order valence-corrected chi connectivity index (χ1v) is 3.75. The summed E-state index contributed by atoms with van der Waals surface area (Å²) in [4.78, 5) is 14.4. The lowest BCUT2D eigenvalue weighted by atomic mass is 10.3. The van der Waals surface area contributed by atoms with Crippen LogP contribution in [0.1, 0.15) is 23.5 Å². The minimum Gasteiger partial charge on any atom is -0.383 e. The number of hydrogen-bond acceptors (Lipinski definition) is 3. The molecule has 0 aliphatic rings. The number of aldehydes is 1. The van der Waals surface area contributed by atoms with Crippen LogP contribution < -0.4 is 0 Å². The predicted octanol–water partition coefficient (Wildman–Crippen LogP) is 0.903. The second kappa shape index (κ2) is 4.01. The van der Waals surface area contributed by atoms with Gasteiger partial charge in [-0.25, -0.2) is 4.98 Å². The molecule has 0 saturated heterocycles. The molecule has 1 heterocycles. The van der Waals surface area contributed by atoms with Gasteiger partial charge in [-0.05, 0) is 6.92 Å². The molecule has 4 heteroatoms. The Labute approximate surface area is 71.2 Å². The SMILES string of the molecule is COCC(C)n1cncc1C=O. The van der Waals surface area contributed by atoms with E-state index in [2.05, 4.69) is 4.98 Å². The first kappa shape index (κ1) is 8.93. The molecule has 4 nitrogen and oxygen atoms in total. The molecule has 0 bridgehead atoms. The third-order valence-corrected chi connectivity index (χ3v) is 1.70.